The zero-order valence-electron chi connectivity index (χ0n) is 10.8. The Hall–Kier alpha value is -1.02. The van der Waals surface area contributed by atoms with Crippen LogP contribution < -0.4 is 5.32 Å². The molecule has 0 amide bonds. The smallest absolute Gasteiger partial charge is 0.0349 e. The van der Waals surface area contributed by atoms with E-state index in [4.69, 9.17) is 0 Å². The summed E-state index contributed by atoms with van der Waals surface area (Å²) in [5.74, 6) is 0. The van der Waals surface area contributed by atoms with Crippen LogP contribution >= 0.6 is 11.3 Å². The van der Waals surface area contributed by atoms with Crippen molar-refractivity contribution >= 4 is 27.1 Å². The quantitative estimate of drug-likeness (QED) is 0.758. The molecular formula is C16H21NS. The molecule has 0 unspecified atom stereocenters. The Bertz CT molecular complexity index is 495. The van der Waals surface area contributed by atoms with Crippen molar-refractivity contribution in [2.75, 3.05) is 5.32 Å². The highest BCUT2D eigenvalue weighted by atomic mass is 32.1. The van der Waals surface area contributed by atoms with Gasteiger partial charge in [-0.25, -0.2) is 0 Å². The number of anilines is 1. The lowest BCUT2D eigenvalue weighted by Crippen LogP contribution is -2.20. The van der Waals surface area contributed by atoms with Crippen LogP contribution in [0.5, 0.6) is 0 Å². The fourth-order valence-electron chi connectivity index (χ4n) is 2.89. The molecule has 1 heterocycles. The topological polar surface area (TPSA) is 12.0 Å². The van der Waals surface area contributed by atoms with Crippen molar-refractivity contribution < 1.29 is 0 Å². The minimum atomic E-state index is 0.682. The van der Waals surface area contributed by atoms with Gasteiger partial charge in [0, 0.05) is 16.4 Å². The van der Waals surface area contributed by atoms with Gasteiger partial charge in [0.25, 0.3) is 0 Å². The van der Waals surface area contributed by atoms with Gasteiger partial charge in [0.1, 0.15) is 0 Å². The molecule has 2 heteroatoms. The normalized spacial score (nSPS) is 18.4. The van der Waals surface area contributed by atoms with E-state index in [1.54, 1.807) is 0 Å². The fraction of sp³-hybridized carbons (Fsp3) is 0.500. The van der Waals surface area contributed by atoms with Crippen LogP contribution in [-0.2, 0) is 0 Å². The highest BCUT2D eigenvalue weighted by molar-refractivity contribution is 7.17. The van der Waals surface area contributed by atoms with Crippen LogP contribution in [0.2, 0.25) is 0 Å². The van der Waals surface area contributed by atoms with Crippen molar-refractivity contribution in [3.63, 3.8) is 0 Å². The predicted octanol–water partition coefficient (Wildman–Crippen LogP) is 5.43. The molecule has 18 heavy (non-hydrogen) atoms. The predicted molar refractivity (Wildman–Crippen MR) is 81.6 cm³/mol. The summed E-state index contributed by atoms with van der Waals surface area (Å²) in [7, 11) is 0. The molecule has 1 aromatic heterocycles. The Morgan fingerprint density at radius 2 is 1.72 bits per heavy atom. The van der Waals surface area contributed by atoms with Gasteiger partial charge in [0.05, 0.1) is 0 Å². The van der Waals surface area contributed by atoms with E-state index in [1.807, 2.05) is 11.3 Å². The molecule has 1 saturated carbocycles. The summed E-state index contributed by atoms with van der Waals surface area (Å²) >= 11 is 1.82. The van der Waals surface area contributed by atoms with Gasteiger partial charge in [0.2, 0.25) is 0 Å². The molecule has 0 spiro atoms. The van der Waals surface area contributed by atoms with E-state index < -0.39 is 0 Å². The van der Waals surface area contributed by atoms with Gasteiger partial charge in [-0.15, -0.1) is 11.3 Å². The van der Waals surface area contributed by atoms with Gasteiger partial charge in [-0.2, -0.15) is 0 Å². The van der Waals surface area contributed by atoms with E-state index in [0.717, 1.165) is 0 Å². The Labute approximate surface area is 113 Å². The molecule has 1 nitrogen and oxygen atoms in total. The molecule has 1 fully saturated rings. The van der Waals surface area contributed by atoms with Crippen molar-refractivity contribution in [2.45, 2.75) is 51.0 Å². The highest BCUT2D eigenvalue weighted by Crippen LogP contribution is 2.26. The van der Waals surface area contributed by atoms with E-state index >= 15 is 0 Å². The second kappa shape index (κ2) is 5.75. The van der Waals surface area contributed by atoms with Crippen LogP contribution in [0.25, 0.3) is 10.1 Å². The zero-order valence-corrected chi connectivity index (χ0v) is 11.6. The van der Waals surface area contributed by atoms with E-state index in [-0.39, 0.29) is 0 Å². The summed E-state index contributed by atoms with van der Waals surface area (Å²) in [6, 6.07) is 9.66. The minimum absolute atomic E-state index is 0.682. The van der Waals surface area contributed by atoms with Crippen LogP contribution in [0.15, 0.2) is 29.6 Å². The van der Waals surface area contributed by atoms with Crippen molar-refractivity contribution in [1.82, 2.24) is 0 Å². The third kappa shape index (κ3) is 2.86. The van der Waals surface area contributed by atoms with Gasteiger partial charge < -0.3 is 5.32 Å². The molecule has 0 radical (unpaired) electrons. The first kappa shape index (κ1) is 12.0. The third-order valence-electron chi connectivity index (χ3n) is 3.93. The molecule has 0 atom stereocenters. The molecule has 1 aliphatic rings. The van der Waals surface area contributed by atoms with E-state index in [1.165, 1.54) is 60.7 Å². The minimum Gasteiger partial charge on any atom is -0.382 e. The molecule has 1 aliphatic carbocycles. The molecule has 1 N–H and O–H groups in total. The van der Waals surface area contributed by atoms with Gasteiger partial charge in [-0.3, -0.25) is 0 Å². The summed E-state index contributed by atoms with van der Waals surface area (Å²) in [4.78, 5) is 0. The zero-order chi connectivity index (χ0) is 12.2. The van der Waals surface area contributed by atoms with Crippen molar-refractivity contribution in [2.24, 2.45) is 0 Å². The Kier molecular flexibility index (Phi) is 3.84. The summed E-state index contributed by atoms with van der Waals surface area (Å²) in [5.41, 5.74) is 1.30. The second-order valence-electron chi connectivity index (χ2n) is 5.36. The first-order valence-corrected chi connectivity index (χ1v) is 8.03. The average Bonchev–Trinajstić information content (AvgIpc) is 2.79. The van der Waals surface area contributed by atoms with E-state index in [2.05, 4.69) is 35.0 Å². The van der Waals surface area contributed by atoms with Crippen molar-refractivity contribution in [1.29, 1.82) is 0 Å². The highest BCUT2D eigenvalue weighted by Gasteiger charge is 2.11. The average molecular weight is 259 g/mol. The standard InChI is InChI=1S/C16H21NS/c1-2-4-6-14(7-5-3-1)17-15-8-9-16-13(12-15)10-11-18-16/h8-12,14,17H,1-7H2. The fourth-order valence-corrected chi connectivity index (χ4v) is 3.66. The number of nitrogens with one attached hydrogen (secondary N) is 1. The van der Waals surface area contributed by atoms with Crippen LogP contribution in [0.3, 0.4) is 0 Å². The van der Waals surface area contributed by atoms with Gasteiger partial charge in [0.15, 0.2) is 0 Å². The van der Waals surface area contributed by atoms with Crippen LogP contribution in [0.1, 0.15) is 44.9 Å². The number of fused-ring (bicyclic) bond motifs is 1. The Balaban J connectivity index is 1.69. The van der Waals surface area contributed by atoms with Gasteiger partial charge in [-0.1, -0.05) is 32.1 Å². The molecule has 0 aliphatic heterocycles. The number of hydrogen-bond acceptors (Lipinski definition) is 2. The molecule has 1 aromatic carbocycles. The maximum atomic E-state index is 3.74. The SMILES string of the molecule is c1cc2cc(NC3CCCCCCC3)ccc2s1. The lowest BCUT2D eigenvalue weighted by atomic mass is 9.96. The van der Waals surface area contributed by atoms with Crippen LogP contribution in [0, 0.1) is 0 Å². The Morgan fingerprint density at radius 1 is 0.944 bits per heavy atom. The molecule has 0 saturated heterocycles. The number of hydrogen-bond donors (Lipinski definition) is 1. The number of thiophene rings is 1. The molecule has 2 aromatic rings. The largest absolute Gasteiger partial charge is 0.382 e. The summed E-state index contributed by atoms with van der Waals surface area (Å²) in [6.45, 7) is 0. The first-order valence-electron chi connectivity index (χ1n) is 7.16. The summed E-state index contributed by atoms with van der Waals surface area (Å²) in [5, 5.41) is 7.28. The second-order valence-corrected chi connectivity index (χ2v) is 6.31. The summed E-state index contributed by atoms with van der Waals surface area (Å²) in [6.07, 6.45) is 9.72. The molecule has 0 bridgehead atoms. The Morgan fingerprint density at radius 3 is 2.56 bits per heavy atom. The van der Waals surface area contributed by atoms with E-state index in [0.29, 0.717) is 6.04 Å². The first-order chi connectivity index (χ1) is 8.92. The maximum absolute atomic E-state index is 3.74. The monoisotopic (exact) mass is 259 g/mol. The lowest BCUT2D eigenvalue weighted by Gasteiger charge is -2.22. The van der Waals surface area contributed by atoms with Crippen LogP contribution in [0.4, 0.5) is 5.69 Å². The molecule has 96 valence electrons. The summed E-state index contributed by atoms with van der Waals surface area (Å²) < 4.78 is 1.39. The number of benzene rings is 1. The molecule has 3 rings (SSSR count). The third-order valence-corrected chi connectivity index (χ3v) is 4.83. The van der Waals surface area contributed by atoms with Crippen LogP contribution in [-0.4, -0.2) is 6.04 Å². The maximum Gasteiger partial charge on any atom is 0.0349 e. The lowest BCUT2D eigenvalue weighted by molar-refractivity contribution is 0.471. The van der Waals surface area contributed by atoms with Gasteiger partial charge in [-0.05, 0) is 47.9 Å². The van der Waals surface area contributed by atoms with Crippen molar-refractivity contribution in [3.05, 3.63) is 29.6 Å². The number of rotatable bonds is 2. The molecular weight excluding hydrogens is 238 g/mol. The van der Waals surface area contributed by atoms with Crippen molar-refractivity contribution in [3.8, 4) is 0 Å². The van der Waals surface area contributed by atoms with Gasteiger partial charge >= 0.3 is 0 Å². The van der Waals surface area contributed by atoms with E-state index in [9.17, 15) is 0 Å².